The van der Waals surface area contributed by atoms with Crippen molar-refractivity contribution in [2.75, 3.05) is 26.2 Å². The Morgan fingerprint density at radius 2 is 2.32 bits per heavy atom. The fourth-order valence-corrected chi connectivity index (χ4v) is 2.80. The Kier molecular flexibility index (Phi) is 5.40. The van der Waals surface area contributed by atoms with Crippen molar-refractivity contribution in [1.29, 1.82) is 0 Å². The molecular formula is C15H28N4. The topological polar surface area (TPSA) is 33.1 Å². The Morgan fingerprint density at radius 1 is 1.47 bits per heavy atom. The number of piperidine rings is 1. The number of likely N-dealkylation sites (tertiary alicyclic amines) is 1. The summed E-state index contributed by atoms with van der Waals surface area (Å²) in [5, 5.41) is 3.60. The Morgan fingerprint density at radius 3 is 3.00 bits per heavy atom. The van der Waals surface area contributed by atoms with E-state index < -0.39 is 0 Å². The minimum absolute atomic E-state index is 0.745. The zero-order valence-electron chi connectivity index (χ0n) is 12.6. The van der Waals surface area contributed by atoms with E-state index in [1.54, 1.807) is 0 Å². The van der Waals surface area contributed by atoms with E-state index in [0.29, 0.717) is 0 Å². The molecule has 1 saturated heterocycles. The van der Waals surface area contributed by atoms with Crippen LogP contribution in [0.3, 0.4) is 0 Å². The van der Waals surface area contributed by atoms with Gasteiger partial charge in [0.25, 0.3) is 0 Å². The summed E-state index contributed by atoms with van der Waals surface area (Å²) in [7, 11) is 2.08. The van der Waals surface area contributed by atoms with Gasteiger partial charge in [0.1, 0.15) is 0 Å². The van der Waals surface area contributed by atoms with E-state index in [9.17, 15) is 0 Å². The zero-order valence-corrected chi connectivity index (χ0v) is 12.6. The second-order valence-electron chi connectivity index (χ2n) is 6.29. The summed E-state index contributed by atoms with van der Waals surface area (Å²) in [5.41, 5.74) is 1.32. The molecule has 0 spiro atoms. The van der Waals surface area contributed by atoms with Crippen LogP contribution in [0.25, 0.3) is 0 Å². The van der Waals surface area contributed by atoms with Crippen molar-refractivity contribution in [2.45, 2.75) is 33.2 Å². The first-order valence-corrected chi connectivity index (χ1v) is 7.53. The Bertz CT molecular complexity index is 372. The molecule has 1 N–H and O–H groups in total. The van der Waals surface area contributed by atoms with Gasteiger partial charge in [-0.1, -0.05) is 13.8 Å². The van der Waals surface area contributed by atoms with Gasteiger partial charge in [-0.05, 0) is 44.3 Å². The molecule has 0 aliphatic carbocycles. The molecule has 1 aliphatic rings. The quantitative estimate of drug-likeness (QED) is 0.851. The first kappa shape index (κ1) is 14.5. The van der Waals surface area contributed by atoms with Crippen LogP contribution in [0, 0.1) is 11.8 Å². The molecular weight excluding hydrogens is 236 g/mol. The van der Waals surface area contributed by atoms with Crippen molar-refractivity contribution in [2.24, 2.45) is 18.9 Å². The van der Waals surface area contributed by atoms with Crippen LogP contribution in [0.4, 0.5) is 0 Å². The van der Waals surface area contributed by atoms with E-state index in [1.165, 1.54) is 38.2 Å². The smallest absolute Gasteiger partial charge is 0.0945 e. The predicted molar refractivity (Wildman–Crippen MR) is 78.9 cm³/mol. The highest BCUT2D eigenvalue weighted by Crippen LogP contribution is 2.17. The molecule has 0 amide bonds. The molecule has 4 nitrogen and oxygen atoms in total. The lowest BCUT2D eigenvalue weighted by Crippen LogP contribution is -2.40. The summed E-state index contributed by atoms with van der Waals surface area (Å²) in [4.78, 5) is 6.77. The molecule has 0 saturated carbocycles. The van der Waals surface area contributed by atoms with Gasteiger partial charge in [-0.2, -0.15) is 0 Å². The van der Waals surface area contributed by atoms with Crippen molar-refractivity contribution in [3.05, 3.63) is 18.2 Å². The van der Waals surface area contributed by atoms with Crippen LogP contribution in [0.5, 0.6) is 0 Å². The van der Waals surface area contributed by atoms with E-state index in [-0.39, 0.29) is 0 Å². The maximum Gasteiger partial charge on any atom is 0.0945 e. The van der Waals surface area contributed by atoms with Gasteiger partial charge >= 0.3 is 0 Å². The number of rotatable bonds is 6. The molecule has 0 radical (unpaired) electrons. The molecule has 0 aromatic carbocycles. The summed E-state index contributed by atoms with van der Waals surface area (Å²) in [5.74, 6) is 1.55. The second-order valence-corrected chi connectivity index (χ2v) is 6.29. The third-order valence-electron chi connectivity index (χ3n) is 3.89. The average Bonchev–Trinajstić information content (AvgIpc) is 2.75. The number of nitrogens with one attached hydrogen (secondary N) is 1. The Balaban J connectivity index is 1.75. The average molecular weight is 264 g/mol. The van der Waals surface area contributed by atoms with E-state index in [1.807, 2.05) is 12.5 Å². The molecule has 1 aromatic heterocycles. The molecule has 4 heteroatoms. The molecule has 1 unspecified atom stereocenters. The molecule has 0 bridgehead atoms. The number of imidazole rings is 1. The standard InChI is InChI=1S/C15H28N4/c1-13(2)7-16-8-14-5-4-6-19(10-14)11-15-9-17-12-18(15)3/h9,12-14,16H,4-8,10-11H2,1-3H3. The van der Waals surface area contributed by atoms with Crippen LogP contribution in [-0.4, -0.2) is 40.6 Å². The van der Waals surface area contributed by atoms with Crippen molar-refractivity contribution in [3.63, 3.8) is 0 Å². The summed E-state index contributed by atoms with van der Waals surface area (Å²) < 4.78 is 2.13. The van der Waals surface area contributed by atoms with Crippen molar-refractivity contribution < 1.29 is 0 Å². The highest BCUT2D eigenvalue weighted by Gasteiger charge is 2.20. The van der Waals surface area contributed by atoms with E-state index >= 15 is 0 Å². The maximum absolute atomic E-state index is 4.20. The first-order valence-electron chi connectivity index (χ1n) is 7.53. The first-order chi connectivity index (χ1) is 9.15. The highest BCUT2D eigenvalue weighted by atomic mass is 15.2. The summed E-state index contributed by atoms with van der Waals surface area (Å²) in [6.45, 7) is 10.3. The van der Waals surface area contributed by atoms with Crippen molar-refractivity contribution in [3.8, 4) is 0 Å². The highest BCUT2D eigenvalue weighted by molar-refractivity contribution is 4.97. The molecule has 19 heavy (non-hydrogen) atoms. The van der Waals surface area contributed by atoms with Crippen molar-refractivity contribution >= 4 is 0 Å². The fourth-order valence-electron chi connectivity index (χ4n) is 2.80. The van der Waals surface area contributed by atoms with Gasteiger partial charge in [-0.3, -0.25) is 4.90 Å². The second kappa shape index (κ2) is 7.06. The van der Waals surface area contributed by atoms with Gasteiger partial charge in [0.2, 0.25) is 0 Å². The number of hydrogen-bond donors (Lipinski definition) is 1. The molecule has 1 atom stereocenters. The normalized spacial score (nSPS) is 21.2. The maximum atomic E-state index is 4.20. The number of aromatic nitrogens is 2. The lowest BCUT2D eigenvalue weighted by molar-refractivity contribution is 0.162. The van der Waals surface area contributed by atoms with E-state index in [4.69, 9.17) is 0 Å². The van der Waals surface area contributed by atoms with E-state index in [0.717, 1.165) is 24.9 Å². The van der Waals surface area contributed by atoms with E-state index in [2.05, 4.69) is 40.7 Å². The third kappa shape index (κ3) is 4.62. The molecule has 1 aromatic rings. The Labute approximate surface area is 117 Å². The summed E-state index contributed by atoms with van der Waals surface area (Å²) >= 11 is 0. The summed E-state index contributed by atoms with van der Waals surface area (Å²) in [6.07, 6.45) is 6.57. The number of aryl methyl sites for hydroxylation is 1. The number of hydrogen-bond acceptors (Lipinski definition) is 3. The van der Waals surface area contributed by atoms with Crippen LogP contribution in [0.15, 0.2) is 12.5 Å². The van der Waals surface area contributed by atoms with Crippen LogP contribution >= 0.6 is 0 Å². The van der Waals surface area contributed by atoms with Gasteiger partial charge < -0.3 is 9.88 Å². The van der Waals surface area contributed by atoms with Gasteiger partial charge in [0.15, 0.2) is 0 Å². The molecule has 2 rings (SSSR count). The molecule has 1 fully saturated rings. The van der Waals surface area contributed by atoms with Gasteiger partial charge in [0.05, 0.1) is 12.0 Å². The SMILES string of the molecule is CC(C)CNCC1CCCN(Cc2cncn2C)C1. The molecule has 108 valence electrons. The van der Waals surface area contributed by atoms with Crippen LogP contribution in [-0.2, 0) is 13.6 Å². The lowest BCUT2D eigenvalue weighted by Gasteiger charge is -2.33. The van der Waals surface area contributed by atoms with Crippen molar-refractivity contribution in [1.82, 2.24) is 19.8 Å². The lowest BCUT2D eigenvalue weighted by atomic mass is 9.97. The third-order valence-corrected chi connectivity index (χ3v) is 3.89. The minimum Gasteiger partial charge on any atom is -0.337 e. The fraction of sp³-hybridized carbons (Fsp3) is 0.800. The zero-order chi connectivity index (χ0) is 13.7. The molecule has 1 aliphatic heterocycles. The monoisotopic (exact) mass is 264 g/mol. The molecule has 2 heterocycles. The van der Waals surface area contributed by atoms with Gasteiger partial charge in [-0.25, -0.2) is 4.98 Å². The van der Waals surface area contributed by atoms with Crippen LogP contribution < -0.4 is 5.32 Å². The minimum atomic E-state index is 0.745. The predicted octanol–water partition coefficient (Wildman–Crippen LogP) is 1.88. The van der Waals surface area contributed by atoms with Gasteiger partial charge in [0, 0.05) is 26.3 Å². The van der Waals surface area contributed by atoms with Crippen LogP contribution in [0.2, 0.25) is 0 Å². The largest absolute Gasteiger partial charge is 0.337 e. The number of nitrogens with zero attached hydrogens (tertiary/aromatic N) is 3. The van der Waals surface area contributed by atoms with Gasteiger partial charge in [-0.15, -0.1) is 0 Å². The summed E-state index contributed by atoms with van der Waals surface area (Å²) in [6, 6.07) is 0. The Hall–Kier alpha value is -0.870. The van der Waals surface area contributed by atoms with Crippen LogP contribution in [0.1, 0.15) is 32.4 Å².